The largest absolute Gasteiger partial charge is 0.355 e. The van der Waals surface area contributed by atoms with Gasteiger partial charge in [-0.3, -0.25) is 13.9 Å². The summed E-state index contributed by atoms with van der Waals surface area (Å²) in [6.45, 7) is 5.37. The molecule has 1 fully saturated rings. The third-order valence-corrected chi connectivity index (χ3v) is 5.49. The number of likely N-dealkylation sites (tertiary alicyclic amines) is 1. The van der Waals surface area contributed by atoms with Gasteiger partial charge in [-0.2, -0.15) is 0 Å². The first-order valence-electron chi connectivity index (χ1n) is 9.73. The van der Waals surface area contributed by atoms with Crippen molar-refractivity contribution in [2.24, 2.45) is 7.05 Å². The minimum absolute atomic E-state index is 0.0728. The van der Waals surface area contributed by atoms with Crippen LogP contribution in [-0.4, -0.2) is 45.6 Å². The number of benzene rings is 1. The lowest BCUT2D eigenvalue weighted by Gasteiger charge is -2.33. The summed E-state index contributed by atoms with van der Waals surface area (Å²) in [6.07, 6.45) is 6.02. The van der Waals surface area contributed by atoms with Gasteiger partial charge in [-0.1, -0.05) is 18.6 Å². The second-order valence-corrected chi connectivity index (χ2v) is 7.35. The molecule has 0 aliphatic carbocycles. The van der Waals surface area contributed by atoms with Crippen molar-refractivity contribution < 1.29 is 4.79 Å². The summed E-state index contributed by atoms with van der Waals surface area (Å²) >= 11 is 0. The van der Waals surface area contributed by atoms with Crippen LogP contribution in [0.2, 0.25) is 0 Å². The monoisotopic (exact) mass is 358 g/mol. The maximum Gasteiger partial charge on any atom is 0.329 e. The van der Waals surface area contributed by atoms with E-state index in [1.807, 2.05) is 24.3 Å². The van der Waals surface area contributed by atoms with Crippen molar-refractivity contribution in [1.82, 2.24) is 19.4 Å². The highest BCUT2D eigenvalue weighted by atomic mass is 16.2. The molecular formula is C20H30N4O2. The predicted octanol–water partition coefficient (Wildman–Crippen LogP) is 2.11. The number of para-hydroxylation sites is 2. The standard InChI is InChI=1S/C20H30N4O2/c1-16-9-5-7-13-23(16)14-8-6-12-21-19(25)15-24-18-11-4-3-10-17(18)22(2)20(24)26/h3-4,10-11,16H,5-9,12-15H2,1-2H3,(H,21,25). The van der Waals surface area contributed by atoms with Gasteiger partial charge in [0.25, 0.3) is 0 Å². The fraction of sp³-hybridized carbons (Fsp3) is 0.600. The Hall–Kier alpha value is -2.08. The summed E-state index contributed by atoms with van der Waals surface area (Å²) in [5.41, 5.74) is 1.50. The first kappa shape index (κ1) is 18.7. The van der Waals surface area contributed by atoms with E-state index in [9.17, 15) is 9.59 Å². The van der Waals surface area contributed by atoms with Crippen molar-refractivity contribution in [1.29, 1.82) is 0 Å². The molecule has 0 saturated carbocycles. The quantitative estimate of drug-likeness (QED) is 0.771. The van der Waals surface area contributed by atoms with E-state index in [1.54, 1.807) is 16.2 Å². The smallest absolute Gasteiger partial charge is 0.329 e. The number of aryl methyl sites for hydroxylation is 1. The van der Waals surface area contributed by atoms with Crippen molar-refractivity contribution in [2.45, 2.75) is 51.6 Å². The molecule has 0 bridgehead atoms. The number of unbranched alkanes of at least 4 members (excludes halogenated alkanes) is 1. The molecule has 0 spiro atoms. The van der Waals surface area contributed by atoms with E-state index in [4.69, 9.17) is 0 Å². The zero-order valence-corrected chi connectivity index (χ0v) is 15.9. The zero-order valence-electron chi connectivity index (χ0n) is 15.9. The fourth-order valence-corrected chi connectivity index (χ4v) is 3.87. The lowest BCUT2D eigenvalue weighted by atomic mass is 10.0. The molecule has 2 heterocycles. The molecule has 26 heavy (non-hydrogen) atoms. The normalized spacial score (nSPS) is 18.3. The van der Waals surface area contributed by atoms with Crippen LogP contribution < -0.4 is 11.0 Å². The Kier molecular flexibility index (Phi) is 6.14. The topological polar surface area (TPSA) is 59.3 Å². The van der Waals surface area contributed by atoms with E-state index in [0.29, 0.717) is 12.6 Å². The molecule has 1 unspecified atom stereocenters. The van der Waals surface area contributed by atoms with Gasteiger partial charge >= 0.3 is 5.69 Å². The molecule has 6 heteroatoms. The first-order valence-corrected chi connectivity index (χ1v) is 9.73. The highest BCUT2D eigenvalue weighted by Crippen LogP contribution is 2.16. The van der Waals surface area contributed by atoms with E-state index in [0.717, 1.165) is 30.4 Å². The maximum absolute atomic E-state index is 12.3. The van der Waals surface area contributed by atoms with Gasteiger partial charge in [0.15, 0.2) is 0 Å². The lowest BCUT2D eigenvalue weighted by molar-refractivity contribution is -0.121. The number of imidazole rings is 1. The van der Waals surface area contributed by atoms with Gasteiger partial charge in [-0.25, -0.2) is 4.79 Å². The summed E-state index contributed by atoms with van der Waals surface area (Å²) in [6, 6.07) is 8.25. The van der Waals surface area contributed by atoms with Crippen LogP contribution in [0.15, 0.2) is 29.1 Å². The Morgan fingerprint density at radius 3 is 2.73 bits per heavy atom. The second kappa shape index (κ2) is 8.54. The summed E-state index contributed by atoms with van der Waals surface area (Å²) < 4.78 is 3.13. The number of nitrogens with zero attached hydrogens (tertiary/aromatic N) is 3. The minimum atomic E-state index is -0.152. The fourth-order valence-electron chi connectivity index (χ4n) is 3.87. The maximum atomic E-state index is 12.3. The molecule has 6 nitrogen and oxygen atoms in total. The van der Waals surface area contributed by atoms with Crippen LogP contribution in [0.5, 0.6) is 0 Å². The third kappa shape index (κ3) is 4.18. The molecule has 0 radical (unpaired) electrons. The molecule has 1 saturated heterocycles. The molecule has 142 valence electrons. The van der Waals surface area contributed by atoms with Crippen LogP contribution in [0, 0.1) is 0 Å². The summed E-state index contributed by atoms with van der Waals surface area (Å²) in [7, 11) is 1.74. The van der Waals surface area contributed by atoms with E-state index in [-0.39, 0.29) is 18.1 Å². The molecular weight excluding hydrogens is 328 g/mol. The van der Waals surface area contributed by atoms with E-state index in [1.165, 1.54) is 25.8 Å². The molecule has 1 atom stereocenters. The van der Waals surface area contributed by atoms with Crippen molar-refractivity contribution in [3.05, 3.63) is 34.7 Å². The van der Waals surface area contributed by atoms with Crippen molar-refractivity contribution in [3.63, 3.8) is 0 Å². The average molecular weight is 358 g/mol. The number of amides is 1. The molecule has 1 aromatic carbocycles. The van der Waals surface area contributed by atoms with Crippen LogP contribution in [-0.2, 0) is 18.4 Å². The molecule has 1 amide bonds. The van der Waals surface area contributed by atoms with Crippen LogP contribution in [0.3, 0.4) is 0 Å². The van der Waals surface area contributed by atoms with Gasteiger partial charge in [-0.15, -0.1) is 0 Å². The Morgan fingerprint density at radius 1 is 1.19 bits per heavy atom. The van der Waals surface area contributed by atoms with Crippen molar-refractivity contribution in [2.75, 3.05) is 19.6 Å². The molecule has 1 N–H and O–H groups in total. The van der Waals surface area contributed by atoms with Crippen LogP contribution in [0.1, 0.15) is 39.0 Å². The number of carbonyl (C=O) groups excluding carboxylic acids is 1. The van der Waals surface area contributed by atoms with E-state index >= 15 is 0 Å². The van der Waals surface area contributed by atoms with Gasteiger partial charge in [0.1, 0.15) is 6.54 Å². The molecule has 1 aliphatic rings. The number of rotatable bonds is 7. The highest BCUT2D eigenvalue weighted by molar-refractivity contribution is 5.80. The summed E-state index contributed by atoms with van der Waals surface area (Å²) in [4.78, 5) is 27.1. The molecule has 1 aromatic heterocycles. The van der Waals surface area contributed by atoms with E-state index in [2.05, 4.69) is 17.1 Å². The minimum Gasteiger partial charge on any atom is -0.355 e. The number of hydrogen-bond acceptors (Lipinski definition) is 3. The van der Waals surface area contributed by atoms with Crippen molar-refractivity contribution >= 4 is 16.9 Å². The van der Waals surface area contributed by atoms with Gasteiger partial charge < -0.3 is 10.2 Å². The van der Waals surface area contributed by atoms with Crippen LogP contribution >= 0.6 is 0 Å². The van der Waals surface area contributed by atoms with Crippen LogP contribution in [0.4, 0.5) is 0 Å². The van der Waals surface area contributed by atoms with Gasteiger partial charge in [0.05, 0.1) is 11.0 Å². The Morgan fingerprint density at radius 2 is 1.96 bits per heavy atom. The Balaban J connectivity index is 1.45. The first-order chi connectivity index (χ1) is 12.6. The molecule has 1 aliphatic heterocycles. The SMILES string of the molecule is CC1CCCCN1CCCCNC(=O)Cn1c(=O)n(C)c2ccccc21. The molecule has 3 rings (SSSR count). The summed E-state index contributed by atoms with van der Waals surface area (Å²) in [5, 5.41) is 2.95. The third-order valence-electron chi connectivity index (χ3n) is 5.49. The van der Waals surface area contributed by atoms with E-state index < -0.39 is 0 Å². The average Bonchev–Trinajstić information content (AvgIpc) is 2.88. The Bertz CT molecular complexity index is 808. The number of aromatic nitrogens is 2. The van der Waals surface area contributed by atoms with Crippen LogP contribution in [0.25, 0.3) is 11.0 Å². The number of hydrogen-bond donors (Lipinski definition) is 1. The molecule has 2 aromatic rings. The number of fused-ring (bicyclic) bond motifs is 1. The number of carbonyl (C=O) groups is 1. The lowest BCUT2D eigenvalue weighted by Crippen LogP contribution is -2.38. The highest BCUT2D eigenvalue weighted by Gasteiger charge is 2.17. The van der Waals surface area contributed by atoms with Gasteiger partial charge in [-0.05, 0) is 57.8 Å². The van der Waals surface area contributed by atoms with Gasteiger partial charge in [0, 0.05) is 19.6 Å². The predicted molar refractivity (Wildman–Crippen MR) is 104 cm³/mol. The Labute approximate surface area is 154 Å². The van der Waals surface area contributed by atoms with Crippen molar-refractivity contribution in [3.8, 4) is 0 Å². The zero-order chi connectivity index (χ0) is 18.5. The number of nitrogens with one attached hydrogen (secondary N) is 1. The second-order valence-electron chi connectivity index (χ2n) is 7.35. The number of piperidine rings is 1. The summed E-state index contributed by atoms with van der Waals surface area (Å²) in [5.74, 6) is -0.102. The van der Waals surface area contributed by atoms with Gasteiger partial charge in [0.2, 0.25) is 5.91 Å².